The maximum atomic E-state index is 5.71. The standard InChI is InChI=1S/C17H29N3O/c1-3-9-19-17-8-11-21-14-15(17)12-20(4-2)13-16-7-5-6-10-18-16/h5-7,10,15,17,19H,3-4,8-9,11-14H2,1-2H3. The number of aromatic nitrogens is 1. The first kappa shape index (κ1) is 16.4. The Morgan fingerprint density at radius 1 is 1.38 bits per heavy atom. The Labute approximate surface area is 128 Å². The average molecular weight is 291 g/mol. The Balaban J connectivity index is 1.89. The van der Waals surface area contributed by atoms with Gasteiger partial charge in [-0.05, 0) is 38.1 Å². The van der Waals surface area contributed by atoms with Crippen LogP contribution in [0.3, 0.4) is 0 Å². The van der Waals surface area contributed by atoms with Gasteiger partial charge in [-0.3, -0.25) is 9.88 Å². The molecule has 1 fully saturated rings. The average Bonchev–Trinajstić information content (AvgIpc) is 2.54. The van der Waals surface area contributed by atoms with E-state index in [2.05, 4.69) is 41.2 Å². The molecule has 2 unspecified atom stereocenters. The molecule has 0 amide bonds. The molecule has 1 saturated heterocycles. The van der Waals surface area contributed by atoms with E-state index in [0.29, 0.717) is 12.0 Å². The number of nitrogens with one attached hydrogen (secondary N) is 1. The molecule has 0 bridgehead atoms. The quantitative estimate of drug-likeness (QED) is 0.797. The molecule has 1 aliphatic heterocycles. The van der Waals surface area contributed by atoms with Crippen molar-refractivity contribution >= 4 is 0 Å². The van der Waals surface area contributed by atoms with E-state index in [9.17, 15) is 0 Å². The van der Waals surface area contributed by atoms with E-state index in [-0.39, 0.29) is 0 Å². The van der Waals surface area contributed by atoms with Crippen LogP contribution >= 0.6 is 0 Å². The monoisotopic (exact) mass is 291 g/mol. The summed E-state index contributed by atoms with van der Waals surface area (Å²) in [7, 11) is 0. The topological polar surface area (TPSA) is 37.4 Å². The van der Waals surface area contributed by atoms with E-state index in [1.165, 1.54) is 6.42 Å². The van der Waals surface area contributed by atoms with Gasteiger partial charge in [-0.15, -0.1) is 0 Å². The molecule has 21 heavy (non-hydrogen) atoms. The zero-order valence-electron chi connectivity index (χ0n) is 13.4. The summed E-state index contributed by atoms with van der Waals surface area (Å²) in [6, 6.07) is 6.73. The molecule has 4 heteroatoms. The summed E-state index contributed by atoms with van der Waals surface area (Å²) in [5.74, 6) is 0.578. The van der Waals surface area contributed by atoms with E-state index in [1.54, 1.807) is 0 Å². The number of rotatable bonds is 8. The van der Waals surface area contributed by atoms with Crippen LogP contribution in [0.5, 0.6) is 0 Å². The molecule has 0 spiro atoms. The molecule has 1 aromatic rings. The summed E-state index contributed by atoms with van der Waals surface area (Å²) in [6.07, 6.45) is 4.19. The number of hydrogen-bond acceptors (Lipinski definition) is 4. The summed E-state index contributed by atoms with van der Waals surface area (Å²) in [5, 5.41) is 3.69. The van der Waals surface area contributed by atoms with Gasteiger partial charge < -0.3 is 10.1 Å². The second-order valence-electron chi connectivity index (χ2n) is 5.83. The summed E-state index contributed by atoms with van der Waals surface area (Å²) >= 11 is 0. The van der Waals surface area contributed by atoms with Gasteiger partial charge in [0.25, 0.3) is 0 Å². The first-order chi connectivity index (χ1) is 10.3. The Morgan fingerprint density at radius 3 is 3.00 bits per heavy atom. The summed E-state index contributed by atoms with van der Waals surface area (Å²) in [4.78, 5) is 6.91. The number of ether oxygens (including phenoxy) is 1. The van der Waals surface area contributed by atoms with Crippen LogP contribution in [0, 0.1) is 5.92 Å². The van der Waals surface area contributed by atoms with Gasteiger partial charge in [0.05, 0.1) is 12.3 Å². The Morgan fingerprint density at radius 2 is 2.29 bits per heavy atom. The largest absolute Gasteiger partial charge is 0.381 e. The first-order valence-corrected chi connectivity index (χ1v) is 8.26. The third-order valence-electron chi connectivity index (χ3n) is 4.18. The lowest BCUT2D eigenvalue weighted by Crippen LogP contribution is -2.47. The normalized spacial score (nSPS) is 22.6. The summed E-state index contributed by atoms with van der Waals surface area (Å²) in [6.45, 7) is 10.4. The molecule has 1 aromatic heterocycles. The number of hydrogen-bond donors (Lipinski definition) is 1. The van der Waals surface area contributed by atoms with Crippen molar-refractivity contribution in [3.63, 3.8) is 0 Å². The minimum absolute atomic E-state index is 0.578. The lowest BCUT2D eigenvalue weighted by molar-refractivity contribution is 0.0160. The predicted octanol–water partition coefficient (Wildman–Crippen LogP) is 2.31. The highest BCUT2D eigenvalue weighted by atomic mass is 16.5. The zero-order valence-corrected chi connectivity index (χ0v) is 13.4. The Hall–Kier alpha value is -0.970. The van der Waals surface area contributed by atoms with E-state index < -0.39 is 0 Å². The third kappa shape index (κ3) is 5.38. The van der Waals surface area contributed by atoms with Crippen molar-refractivity contribution in [1.82, 2.24) is 15.2 Å². The van der Waals surface area contributed by atoms with Crippen LogP contribution in [0.4, 0.5) is 0 Å². The zero-order chi connectivity index (χ0) is 14.9. The van der Waals surface area contributed by atoms with Crippen molar-refractivity contribution in [1.29, 1.82) is 0 Å². The minimum Gasteiger partial charge on any atom is -0.381 e. The van der Waals surface area contributed by atoms with Crippen molar-refractivity contribution in [3.8, 4) is 0 Å². The van der Waals surface area contributed by atoms with Gasteiger partial charge in [-0.2, -0.15) is 0 Å². The van der Waals surface area contributed by atoms with Crippen molar-refractivity contribution in [2.45, 2.75) is 39.3 Å². The molecule has 2 heterocycles. The lowest BCUT2D eigenvalue weighted by atomic mass is 9.95. The molecule has 0 saturated carbocycles. The fourth-order valence-electron chi connectivity index (χ4n) is 2.93. The van der Waals surface area contributed by atoms with Gasteiger partial charge in [-0.1, -0.05) is 19.9 Å². The van der Waals surface area contributed by atoms with Gasteiger partial charge in [-0.25, -0.2) is 0 Å². The smallest absolute Gasteiger partial charge is 0.0543 e. The van der Waals surface area contributed by atoms with Crippen LogP contribution in [0.1, 0.15) is 32.4 Å². The van der Waals surface area contributed by atoms with Gasteiger partial charge in [0.2, 0.25) is 0 Å². The van der Waals surface area contributed by atoms with Crippen molar-refractivity contribution in [2.24, 2.45) is 5.92 Å². The van der Waals surface area contributed by atoms with Crippen molar-refractivity contribution in [3.05, 3.63) is 30.1 Å². The van der Waals surface area contributed by atoms with Crippen LogP contribution < -0.4 is 5.32 Å². The van der Waals surface area contributed by atoms with Crippen LogP contribution in [-0.2, 0) is 11.3 Å². The second kappa shape index (κ2) is 9.13. The minimum atomic E-state index is 0.578. The van der Waals surface area contributed by atoms with E-state index in [4.69, 9.17) is 4.74 Å². The highest BCUT2D eigenvalue weighted by Gasteiger charge is 2.26. The van der Waals surface area contributed by atoms with Crippen molar-refractivity contribution in [2.75, 3.05) is 32.8 Å². The maximum Gasteiger partial charge on any atom is 0.0543 e. The van der Waals surface area contributed by atoms with Crippen molar-refractivity contribution < 1.29 is 4.74 Å². The maximum absolute atomic E-state index is 5.71. The fraction of sp³-hybridized carbons (Fsp3) is 0.706. The fourth-order valence-corrected chi connectivity index (χ4v) is 2.93. The van der Waals surface area contributed by atoms with Gasteiger partial charge >= 0.3 is 0 Å². The Bertz CT molecular complexity index is 385. The molecule has 2 rings (SSSR count). The molecule has 0 radical (unpaired) electrons. The molecule has 118 valence electrons. The highest BCUT2D eigenvalue weighted by molar-refractivity contribution is 5.03. The van der Waals surface area contributed by atoms with Gasteiger partial charge in [0.1, 0.15) is 0 Å². The molecular formula is C17H29N3O. The first-order valence-electron chi connectivity index (χ1n) is 8.26. The predicted molar refractivity (Wildman–Crippen MR) is 86.2 cm³/mol. The van der Waals surface area contributed by atoms with Gasteiger partial charge in [0.15, 0.2) is 0 Å². The third-order valence-corrected chi connectivity index (χ3v) is 4.18. The van der Waals surface area contributed by atoms with Crippen LogP contribution in [0.25, 0.3) is 0 Å². The second-order valence-corrected chi connectivity index (χ2v) is 5.83. The molecule has 0 aromatic carbocycles. The number of nitrogens with zero attached hydrogens (tertiary/aromatic N) is 2. The molecule has 1 aliphatic rings. The molecule has 0 aliphatic carbocycles. The van der Waals surface area contributed by atoms with E-state index in [1.807, 2.05) is 12.3 Å². The molecule has 4 nitrogen and oxygen atoms in total. The number of pyridine rings is 1. The lowest BCUT2D eigenvalue weighted by Gasteiger charge is -2.35. The van der Waals surface area contributed by atoms with Crippen LogP contribution in [0.15, 0.2) is 24.4 Å². The highest BCUT2D eigenvalue weighted by Crippen LogP contribution is 2.17. The van der Waals surface area contributed by atoms with Crippen LogP contribution in [-0.4, -0.2) is 48.8 Å². The SMILES string of the molecule is CCCNC1CCOCC1CN(CC)Cc1ccccn1. The molecule has 2 atom stereocenters. The molecule has 1 N–H and O–H groups in total. The Kier molecular flexibility index (Phi) is 7.13. The summed E-state index contributed by atoms with van der Waals surface area (Å²) in [5.41, 5.74) is 1.15. The van der Waals surface area contributed by atoms with Crippen LogP contribution in [0.2, 0.25) is 0 Å². The molecular weight excluding hydrogens is 262 g/mol. The van der Waals surface area contributed by atoms with Gasteiger partial charge in [0, 0.05) is 37.9 Å². The summed E-state index contributed by atoms with van der Waals surface area (Å²) < 4.78 is 5.71. The van der Waals surface area contributed by atoms with E-state index in [0.717, 1.165) is 51.5 Å². The van der Waals surface area contributed by atoms with E-state index >= 15 is 0 Å².